The minimum atomic E-state index is -0.899. The van der Waals surface area contributed by atoms with E-state index >= 15 is 0 Å². The van der Waals surface area contributed by atoms with E-state index in [2.05, 4.69) is 4.74 Å². The summed E-state index contributed by atoms with van der Waals surface area (Å²) in [5.41, 5.74) is 0.508. The molecule has 0 atom stereocenters. The molecule has 0 bridgehead atoms. The molecule has 174 valence electrons. The highest BCUT2D eigenvalue weighted by molar-refractivity contribution is 5.99. The monoisotopic (exact) mass is 462 g/mol. The van der Waals surface area contributed by atoms with Gasteiger partial charge in [0.2, 0.25) is 0 Å². The number of nitrogens with zero attached hydrogens (tertiary/aromatic N) is 2. The molecule has 0 fully saturated rings. The van der Waals surface area contributed by atoms with Gasteiger partial charge in [-0.05, 0) is 54.5 Å². The first-order valence-corrected chi connectivity index (χ1v) is 9.93. The third-order valence-corrected chi connectivity index (χ3v) is 4.37. The lowest BCUT2D eigenvalue weighted by Gasteiger charge is -2.11. The topological polar surface area (TPSA) is 128 Å². The average molecular weight is 462 g/mol. The Balaban J connectivity index is 2.31. The van der Waals surface area contributed by atoms with Crippen LogP contribution in [0.25, 0.3) is 12.2 Å². The molecule has 0 aromatic heterocycles. The Morgan fingerprint density at radius 1 is 0.794 bits per heavy atom. The van der Waals surface area contributed by atoms with Gasteiger partial charge in [-0.25, -0.2) is 9.59 Å². The van der Waals surface area contributed by atoms with E-state index in [1.807, 2.05) is 13.0 Å². The second kappa shape index (κ2) is 12.3. The summed E-state index contributed by atoms with van der Waals surface area (Å²) in [6.45, 7) is 2.30. The zero-order valence-corrected chi connectivity index (χ0v) is 19.1. The van der Waals surface area contributed by atoms with E-state index in [0.717, 1.165) is 0 Å². The van der Waals surface area contributed by atoms with Gasteiger partial charge < -0.3 is 23.7 Å². The average Bonchev–Trinajstić information content (AvgIpc) is 2.86. The SMILES string of the molecule is CCOc1ccc(C=C(C#N)C(=O)Oc2ccc(C=C(C#N)C(=O)OC)cc2OC)cc1OC. The largest absolute Gasteiger partial charge is 0.493 e. The zero-order valence-electron chi connectivity index (χ0n) is 19.1. The van der Waals surface area contributed by atoms with Gasteiger partial charge in [-0.1, -0.05) is 12.1 Å². The maximum atomic E-state index is 12.6. The van der Waals surface area contributed by atoms with Gasteiger partial charge in [-0.15, -0.1) is 0 Å². The molecule has 0 aliphatic rings. The summed E-state index contributed by atoms with van der Waals surface area (Å²) in [4.78, 5) is 24.2. The second-order valence-electron chi connectivity index (χ2n) is 6.47. The number of nitriles is 2. The van der Waals surface area contributed by atoms with E-state index in [4.69, 9.17) is 24.2 Å². The predicted molar refractivity (Wildman–Crippen MR) is 122 cm³/mol. The standard InChI is InChI=1S/C25H22N2O7/c1-5-33-20-8-6-16(12-22(20)30-2)11-19(15-27)25(29)34-21-9-7-17(13-23(21)31-3)10-18(14-26)24(28)32-4/h6-13H,5H2,1-4H3. The van der Waals surface area contributed by atoms with Crippen molar-refractivity contribution in [1.29, 1.82) is 10.5 Å². The van der Waals surface area contributed by atoms with E-state index in [9.17, 15) is 14.9 Å². The Kier molecular flexibility index (Phi) is 9.24. The molecular weight excluding hydrogens is 440 g/mol. The van der Waals surface area contributed by atoms with Gasteiger partial charge in [0.05, 0.1) is 27.9 Å². The van der Waals surface area contributed by atoms with Crippen LogP contribution in [0.1, 0.15) is 18.1 Å². The molecule has 0 aliphatic heterocycles. The second-order valence-corrected chi connectivity index (χ2v) is 6.47. The van der Waals surface area contributed by atoms with Crippen LogP contribution in [0.4, 0.5) is 0 Å². The Labute approximate surface area is 197 Å². The molecule has 2 rings (SSSR count). The van der Waals surface area contributed by atoms with Crippen LogP contribution < -0.4 is 18.9 Å². The van der Waals surface area contributed by atoms with Crippen molar-refractivity contribution in [3.8, 4) is 35.1 Å². The van der Waals surface area contributed by atoms with Crippen LogP contribution >= 0.6 is 0 Å². The van der Waals surface area contributed by atoms with Crippen LogP contribution in [-0.4, -0.2) is 39.9 Å². The van der Waals surface area contributed by atoms with Crippen LogP contribution in [0, 0.1) is 22.7 Å². The quantitative estimate of drug-likeness (QED) is 0.237. The summed E-state index contributed by atoms with van der Waals surface area (Å²) >= 11 is 0. The van der Waals surface area contributed by atoms with Gasteiger partial charge in [-0.3, -0.25) is 0 Å². The molecule has 0 unspecified atom stereocenters. The zero-order chi connectivity index (χ0) is 25.1. The molecule has 0 spiro atoms. The van der Waals surface area contributed by atoms with Crippen LogP contribution in [0.3, 0.4) is 0 Å². The molecule has 0 N–H and O–H groups in total. The maximum Gasteiger partial charge on any atom is 0.354 e. The minimum Gasteiger partial charge on any atom is -0.493 e. The summed E-state index contributed by atoms with van der Waals surface area (Å²) in [5, 5.41) is 18.6. The van der Waals surface area contributed by atoms with Gasteiger partial charge in [-0.2, -0.15) is 10.5 Å². The number of methoxy groups -OCH3 is 3. The van der Waals surface area contributed by atoms with Crippen molar-refractivity contribution < 1.29 is 33.3 Å². The predicted octanol–water partition coefficient (Wildman–Crippen LogP) is 3.70. The normalized spacial score (nSPS) is 11.0. The molecule has 0 saturated carbocycles. The van der Waals surface area contributed by atoms with Crippen molar-refractivity contribution in [2.75, 3.05) is 27.9 Å². The summed E-state index contributed by atoms with van der Waals surface area (Å²) in [6.07, 6.45) is 2.67. The molecule has 0 radical (unpaired) electrons. The number of carbonyl (C=O) groups excluding carboxylic acids is 2. The highest BCUT2D eigenvalue weighted by Gasteiger charge is 2.17. The number of hydrogen-bond donors (Lipinski definition) is 0. The van der Waals surface area contributed by atoms with Crippen LogP contribution in [0.2, 0.25) is 0 Å². The fourth-order valence-electron chi connectivity index (χ4n) is 2.78. The molecule has 34 heavy (non-hydrogen) atoms. The van der Waals surface area contributed by atoms with Crippen molar-refractivity contribution in [3.05, 3.63) is 58.7 Å². The number of benzene rings is 2. The molecule has 0 saturated heterocycles. The first-order chi connectivity index (χ1) is 16.4. The van der Waals surface area contributed by atoms with Gasteiger partial charge >= 0.3 is 11.9 Å². The third-order valence-electron chi connectivity index (χ3n) is 4.37. The molecule has 9 nitrogen and oxygen atoms in total. The Morgan fingerprint density at radius 3 is 1.76 bits per heavy atom. The van der Waals surface area contributed by atoms with Crippen LogP contribution in [0.5, 0.6) is 23.0 Å². The summed E-state index contributed by atoms with van der Waals surface area (Å²) in [5.74, 6) is -0.490. The number of carbonyl (C=O) groups is 2. The molecule has 0 amide bonds. The van der Waals surface area contributed by atoms with E-state index in [1.165, 1.54) is 51.7 Å². The summed E-state index contributed by atoms with van der Waals surface area (Å²) in [7, 11) is 4.01. The Hall–Kier alpha value is -4.76. The fraction of sp³-hybridized carbons (Fsp3) is 0.200. The van der Waals surface area contributed by atoms with Crippen molar-refractivity contribution in [2.24, 2.45) is 0 Å². The van der Waals surface area contributed by atoms with Gasteiger partial charge in [0.25, 0.3) is 0 Å². The van der Waals surface area contributed by atoms with Crippen molar-refractivity contribution in [3.63, 3.8) is 0 Å². The number of ether oxygens (including phenoxy) is 5. The minimum absolute atomic E-state index is 0.0478. The highest BCUT2D eigenvalue weighted by Crippen LogP contribution is 2.31. The summed E-state index contributed by atoms with van der Waals surface area (Å²) < 4.78 is 25.9. The number of esters is 2. The first-order valence-electron chi connectivity index (χ1n) is 9.93. The van der Waals surface area contributed by atoms with Crippen LogP contribution in [0.15, 0.2) is 47.5 Å². The third kappa shape index (κ3) is 6.38. The van der Waals surface area contributed by atoms with Gasteiger partial charge in [0, 0.05) is 0 Å². The fourth-order valence-corrected chi connectivity index (χ4v) is 2.78. The van der Waals surface area contributed by atoms with E-state index in [1.54, 1.807) is 24.3 Å². The lowest BCUT2D eigenvalue weighted by atomic mass is 10.1. The smallest absolute Gasteiger partial charge is 0.354 e. The Morgan fingerprint density at radius 2 is 1.29 bits per heavy atom. The first kappa shape index (κ1) is 25.5. The number of rotatable bonds is 9. The number of hydrogen-bond acceptors (Lipinski definition) is 9. The highest BCUT2D eigenvalue weighted by atomic mass is 16.6. The Bertz CT molecular complexity index is 1220. The molecule has 0 heterocycles. The lowest BCUT2D eigenvalue weighted by Crippen LogP contribution is -2.11. The molecule has 2 aromatic carbocycles. The van der Waals surface area contributed by atoms with E-state index in [0.29, 0.717) is 29.2 Å². The van der Waals surface area contributed by atoms with E-state index < -0.39 is 11.9 Å². The molecule has 2 aromatic rings. The van der Waals surface area contributed by atoms with Crippen molar-refractivity contribution in [2.45, 2.75) is 6.92 Å². The molecular formula is C25H22N2O7. The molecule has 9 heteroatoms. The van der Waals surface area contributed by atoms with Gasteiger partial charge in [0.1, 0.15) is 23.3 Å². The van der Waals surface area contributed by atoms with Crippen molar-refractivity contribution in [1.82, 2.24) is 0 Å². The maximum absolute atomic E-state index is 12.6. The van der Waals surface area contributed by atoms with Crippen molar-refractivity contribution >= 4 is 24.1 Å². The van der Waals surface area contributed by atoms with E-state index in [-0.39, 0.29) is 22.6 Å². The summed E-state index contributed by atoms with van der Waals surface area (Å²) in [6, 6.07) is 13.0. The lowest BCUT2D eigenvalue weighted by molar-refractivity contribution is -0.135. The van der Waals surface area contributed by atoms with Gasteiger partial charge in [0.15, 0.2) is 23.0 Å². The van der Waals surface area contributed by atoms with Crippen LogP contribution in [-0.2, 0) is 14.3 Å². The molecule has 0 aliphatic carbocycles.